The number of rotatable bonds is 9. The molecule has 0 aliphatic rings. The fourth-order valence-electron chi connectivity index (χ4n) is 4.21. The highest BCUT2D eigenvalue weighted by molar-refractivity contribution is 7.21. The fourth-order valence-corrected chi connectivity index (χ4v) is 5.24. The first kappa shape index (κ1) is 25.4. The molecule has 38 heavy (non-hydrogen) atoms. The van der Waals surface area contributed by atoms with E-state index in [2.05, 4.69) is 34.3 Å². The summed E-state index contributed by atoms with van der Waals surface area (Å²) in [4.78, 5) is 27.3. The quantitative estimate of drug-likeness (QED) is 0.260. The van der Waals surface area contributed by atoms with Crippen molar-refractivity contribution in [2.75, 3.05) is 27.4 Å². The number of methoxy groups -OCH3 is 2. The van der Waals surface area contributed by atoms with Gasteiger partial charge in [0.15, 0.2) is 0 Å². The average molecular weight is 529 g/mol. The van der Waals surface area contributed by atoms with Gasteiger partial charge in [-0.05, 0) is 60.9 Å². The van der Waals surface area contributed by atoms with E-state index in [9.17, 15) is 4.79 Å². The third-order valence-corrected chi connectivity index (χ3v) is 7.08. The predicted molar refractivity (Wildman–Crippen MR) is 149 cm³/mol. The lowest BCUT2D eigenvalue weighted by Crippen LogP contribution is -2.29. The van der Waals surface area contributed by atoms with Gasteiger partial charge in [0, 0.05) is 17.0 Å². The van der Waals surface area contributed by atoms with Gasteiger partial charge >= 0.3 is 0 Å². The number of hydrogen-bond acceptors (Lipinski definition) is 8. The molecule has 0 aliphatic heterocycles. The molecule has 1 N–H and O–H groups in total. The summed E-state index contributed by atoms with van der Waals surface area (Å²) in [6, 6.07) is 15.5. The Labute approximate surface area is 224 Å². The van der Waals surface area contributed by atoms with Crippen molar-refractivity contribution >= 4 is 38.5 Å². The fraction of sp³-hybridized carbons (Fsp3) is 0.241. The molecule has 1 amide bonds. The zero-order valence-electron chi connectivity index (χ0n) is 21.7. The molecule has 8 nitrogen and oxygen atoms in total. The Balaban J connectivity index is 1.27. The molecule has 0 saturated carbocycles. The zero-order chi connectivity index (χ0) is 26.6. The SMILES string of the molecule is COc1ccc(CC(=O)NCCOc2cc(C)c3nc(-c4cc(C)cc5cc(OC)cnc45)sc3n2)cc1. The van der Waals surface area contributed by atoms with Gasteiger partial charge in [-0.2, -0.15) is 0 Å². The monoisotopic (exact) mass is 528 g/mol. The number of aromatic nitrogens is 3. The number of amides is 1. The van der Waals surface area contributed by atoms with Crippen LogP contribution in [0, 0.1) is 13.8 Å². The van der Waals surface area contributed by atoms with Crippen molar-refractivity contribution in [3.8, 4) is 28.0 Å². The van der Waals surface area contributed by atoms with Crippen molar-refractivity contribution in [1.82, 2.24) is 20.3 Å². The first-order valence-corrected chi connectivity index (χ1v) is 13.0. The second-order valence-corrected chi connectivity index (χ2v) is 9.91. The number of hydrogen-bond donors (Lipinski definition) is 1. The molecular formula is C29H28N4O4S. The van der Waals surface area contributed by atoms with Crippen LogP contribution in [0.3, 0.4) is 0 Å². The number of ether oxygens (including phenoxy) is 3. The Morgan fingerprint density at radius 1 is 0.947 bits per heavy atom. The highest BCUT2D eigenvalue weighted by Crippen LogP contribution is 2.36. The Kier molecular flexibility index (Phi) is 7.37. The third-order valence-electron chi connectivity index (χ3n) is 6.10. The van der Waals surface area contributed by atoms with Crippen molar-refractivity contribution in [3.05, 3.63) is 71.4 Å². The topological polar surface area (TPSA) is 95.5 Å². The van der Waals surface area contributed by atoms with Crippen LogP contribution in [-0.4, -0.2) is 48.2 Å². The van der Waals surface area contributed by atoms with E-state index in [4.69, 9.17) is 19.2 Å². The molecule has 0 unspecified atom stereocenters. The van der Waals surface area contributed by atoms with Crippen LogP contribution in [0.1, 0.15) is 16.7 Å². The van der Waals surface area contributed by atoms with E-state index < -0.39 is 0 Å². The Bertz CT molecular complexity index is 1620. The van der Waals surface area contributed by atoms with Gasteiger partial charge in [0.25, 0.3) is 0 Å². The molecule has 3 aromatic heterocycles. The molecule has 0 radical (unpaired) electrons. The van der Waals surface area contributed by atoms with Gasteiger partial charge in [-0.25, -0.2) is 9.97 Å². The maximum Gasteiger partial charge on any atom is 0.224 e. The highest BCUT2D eigenvalue weighted by atomic mass is 32.1. The molecule has 2 aromatic carbocycles. The summed E-state index contributed by atoms with van der Waals surface area (Å²) in [7, 11) is 3.25. The Hall–Kier alpha value is -4.24. The van der Waals surface area contributed by atoms with Crippen LogP contribution in [0.2, 0.25) is 0 Å². The summed E-state index contributed by atoms with van der Waals surface area (Å²) < 4.78 is 16.4. The molecule has 5 rings (SSSR count). The normalized spacial score (nSPS) is 11.1. The molecule has 5 aromatic rings. The van der Waals surface area contributed by atoms with Crippen molar-refractivity contribution in [3.63, 3.8) is 0 Å². The van der Waals surface area contributed by atoms with Crippen molar-refractivity contribution in [2.45, 2.75) is 20.3 Å². The van der Waals surface area contributed by atoms with Crippen LogP contribution in [0.25, 0.3) is 31.8 Å². The molecule has 0 atom stereocenters. The van der Waals surface area contributed by atoms with Gasteiger partial charge in [0.05, 0.1) is 38.9 Å². The zero-order valence-corrected chi connectivity index (χ0v) is 22.5. The lowest BCUT2D eigenvalue weighted by molar-refractivity contribution is -0.120. The minimum absolute atomic E-state index is 0.0675. The third kappa shape index (κ3) is 5.52. The van der Waals surface area contributed by atoms with Gasteiger partial charge < -0.3 is 19.5 Å². The summed E-state index contributed by atoms with van der Waals surface area (Å²) in [6.45, 7) is 4.74. The minimum atomic E-state index is -0.0675. The van der Waals surface area contributed by atoms with E-state index in [0.717, 1.165) is 60.0 Å². The number of benzene rings is 2. The Morgan fingerprint density at radius 3 is 2.50 bits per heavy atom. The molecule has 0 saturated heterocycles. The molecule has 9 heteroatoms. The predicted octanol–water partition coefficient (Wildman–Crippen LogP) is 5.28. The molecule has 194 valence electrons. The summed E-state index contributed by atoms with van der Waals surface area (Å²) in [6.07, 6.45) is 2.02. The van der Waals surface area contributed by atoms with E-state index >= 15 is 0 Å². The molecule has 0 aliphatic carbocycles. The Morgan fingerprint density at radius 2 is 1.74 bits per heavy atom. The number of nitrogens with one attached hydrogen (secondary N) is 1. The lowest BCUT2D eigenvalue weighted by atomic mass is 10.1. The second-order valence-electron chi connectivity index (χ2n) is 8.93. The van der Waals surface area contributed by atoms with Crippen LogP contribution in [-0.2, 0) is 11.2 Å². The van der Waals surface area contributed by atoms with E-state index in [0.29, 0.717) is 25.5 Å². The van der Waals surface area contributed by atoms with E-state index in [1.807, 2.05) is 43.3 Å². The van der Waals surface area contributed by atoms with Crippen LogP contribution < -0.4 is 19.5 Å². The maximum absolute atomic E-state index is 12.3. The minimum Gasteiger partial charge on any atom is -0.497 e. The van der Waals surface area contributed by atoms with Gasteiger partial charge in [0.1, 0.15) is 33.5 Å². The summed E-state index contributed by atoms with van der Waals surface area (Å²) in [5.41, 5.74) is 5.69. The summed E-state index contributed by atoms with van der Waals surface area (Å²) >= 11 is 1.51. The summed E-state index contributed by atoms with van der Waals surface area (Å²) in [5, 5.41) is 4.74. The summed E-state index contributed by atoms with van der Waals surface area (Å²) in [5.74, 6) is 1.92. The van der Waals surface area contributed by atoms with Crippen LogP contribution in [0.15, 0.2) is 54.7 Å². The van der Waals surface area contributed by atoms with Crippen molar-refractivity contribution in [2.24, 2.45) is 0 Å². The first-order valence-electron chi connectivity index (χ1n) is 12.2. The molecular weight excluding hydrogens is 500 g/mol. The number of pyridine rings is 2. The first-order chi connectivity index (χ1) is 18.4. The highest BCUT2D eigenvalue weighted by Gasteiger charge is 2.16. The average Bonchev–Trinajstić information content (AvgIpc) is 3.35. The number of fused-ring (bicyclic) bond motifs is 2. The van der Waals surface area contributed by atoms with Gasteiger partial charge in [-0.15, -0.1) is 0 Å². The molecule has 0 spiro atoms. The van der Waals surface area contributed by atoms with Crippen LogP contribution in [0.4, 0.5) is 0 Å². The van der Waals surface area contributed by atoms with E-state index in [1.54, 1.807) is 20.4 Å². The van der Waals surface area contributed by atoms with Crippen molar-refractivity contribution < 1.29 is 19.0 Å². The maximum atomic E-state index is 12.3. The molecule has 3 heterocycles. The number of aryl methyl sites for hydroxylation is 2. The smallest absolute Gasteiger partial charge is 0.224 e. The molecule has 0 fully saturated rings. The number of carbonyl (C=O) groups excluding carboxylic acids is 1. The number of nitrogens with zero attached hydrogens (tertiary/aromatic N) is 3. The van der Waals surface area contributed by atoms with Gasteiger partial charge in [-0.3, -0.25) is 9.78 Å². The van der Waals surface area contributed by atoms with Crippen LogP contribution >= 0.6 is 11.3 Å². The van der Waals surface area contributed by atoms with Gasteiger partial charge in [-0.1, -0.05) is 23.5 Å². The lowest BCUT2D eigenvalue weighted by Gasteiger charge is -2.08. The van der Waals surface area contributed by atoms with Crippen LogP contribution in [0.5, 0.6) is 17.4 Å². The standard InChI is InChI=1S/C29H28N4O4S/c1-17-11-20-15-22(36-4)16-31-27(20)23(12-17)28-33-26-18(2)13-25(32-29(26)38-28)37-10-9-30-24(34)14-19-5-7-21(35-3)8-6-19/h5-8,11-13,15-16H,9-10,14H2,1-4H3,(H,30,34). The number of thiazole rings is 1. The van der Waals surface area contributed by atoms with E-state index in [-0.39, 0.29) is 5.91 Å². The largest absolute Gasteiger partial charge is 0.497 e. The second kappa shape index (κ2) is 11.0. The van der Waals surface area contributed by atoms with E-state index in [1.165, 1.54) is 11.3 Å². The van der Waals surface area contributed by atoms with Crippen molar-refractivity contribution in [1.29, 1.82) is 0 Å². The molecule has 0 bridgehead atoms. The number of carbonyl (C=O) groups is 1. The van der Waals surface area contributed by atoms with Gasteiger partial charge in [0.2, 0.25) is 11.8 Å².